The molecule has 5 heteroatoms. The molecule has 1 aliphatic rings. The van der Waals surface area contributed by atoms with Gasteiger partial charge < -0.3 is 9.64 Å². The van der Waals surface area contributed by atoms with Gasteiger partial charge in [-0.05, 0) is 31.2 Å². The van der Waals surface area contributed by atoms with Crippen LogP contribution in [0.5, 0.6) is 0 Å². The number of ether oxygens (including phenoxy) is 1. The summed E-state index contributed by atoms with van der Waals surface area (Å²) >= 11 is 6.05. The Kier molecular flexibility index (Phi) is 4.78. The van der Waals surface area contributed by atoms with E-state index in [9.17, 15) is 0 Å². The zero-order chi connectivity index (χ0) is 13.0. The topological polar surface area (TPSA) is 38.2 Å². The third-order valence-electron chi connectivity index (χ3n) is 2.98. The van der Waals surface area contributed by atoms with Crippen molar-refractivity contribution >= 4 is 17.5 Å². The molecule has 0 spiro atoms. The van der Waals surface area contributed by atoms with E-state index in [1.54, 1.807) is 13.2 Å². The first-order chi connectivity index (χ1) is 8.72. The van der Waals surface area contributed by atoms with Crippen LogP contribution in [0.1, 0.15) is 31.9 Å². The fourth-order valence-corrected chi connectivity index (χ4v) is 2.17. The molecule has 0 saturated heterocycles. The number of methoxy groups -OCH3 is 1. The molecule has 0 unspecified atom stereocenters. The van der Waals surface area contributed by atoms with E-state index in [4.69, 9.17) is 16.3 Å². The molecule has 0 radical (unpaired) electrons. The highest BCUT2D eigenvalue weighted by molar-refractivity contribution is 6.29. The second kappa shape index (κ2) is 6.34. The van der Waals surface area contributed by atoms with E-state index in [0.29, 0.717) is 11.8 Å². The normalized spacial score (nSPS) is 14.8. The lowest BCUT2D eigenvalue weighted by Gasteiger charge is -2.22. The Morgan fingerprint density at radius 2 is 2.22 bits per heavy atom. The molecule has 18 heavy (non-hydrogen) atoms. The van der Waals surface area contributed by atoms with Crippen LogP contribution in [-0.4, -0.2) is 30.2 Å². The Morgan fingerprint density at radius 1 is 1.44 bits per heavy atom. The van der Waals surface area contributed by atoms with Crippen LogP contribution < -0.4 is 4.90 Å². The van der Waals surface area contributed by atoms with Gasteiger partial charge >= 0.3 is 0 Å². The molecule has 2 rings (SSSR count). The van der Waals surface area contributed by atoms with Gasteiger partial charge in [0.05, 0.1) is 12.3 Å². The lowest BCUT2D eigenvalue weighted by molar-refractivity contribution is 0.181. The fraction of sp³-hybridized carbons (Fsp3) is 0.692. The van der Waals surface area contributed by atoms with E-state index in [2.05, 4.69) is 21.8 Å². The second-order valence-electron chi connectivity index (χ2n) is 4.80. The first-order valence-electron chi connectivity index (χ1n) is 6.50. The van der Waals surface area contributed by atoms with Crippen LogP contribution in [0.3, 0.4) is 0 Å². The van der Waals surface area contributed by atoms with Crippen molar-refractivity contribution in [1.82, 2.24) is 9.97 Å². The average Bonchev–Trinajstić information content (AvgIpc) is 3.12. The van der Waals surface area contributed by atoms with Crippen LogP contribution in [0.25, 0.3) is 0 Å². The molecule has 0 aromatic carbocycles. The maximum Gasteiger partial charge on any atom is 0.227 e. The Hall–Kier alpha value is -0.870. The van der Waals surface area contributed by atoms with Crippen LogP contribution in [0.15, 0.2) is 6.07 Å². The molecule has 0 atom stereocenters. The summed E-state index contributed by atoms with van der Waals surface area (Å²) in [5.74, 6) is 1.55. The molecule has 0 amide bonds. The highest BCUT2D eigenvalue weighted by Gasteiger charge is 2.25. The van der Waals surface area contributed by atoms with E-state index >= 15 is 0 Å². The predicted molar refractivity (Wildman–Crippen MR) is 73.0 cm³/mol. The summed E-state index contributed by atoms with van der Waals surface area (Å²) in [6.45, 7) is 4.66. The van der Waals surface area contributed by atoms with Crippen LogP contribution in [0.2, 0.25) is 5.15 Å². The van der Waals surface area contributed by atoms with Crippen molar-refractivity contribution in [3.8, 4) is 0 Å². The van der Waals surface area contributed by atoms with E-state index < -0.39 is 0 Å². The molecule has 0 bridgehead atoms. The number of anilines is 1. The second-order valence-corrected chi connectivity index (χ2v) is 5.19. The zero-order valence-corrected chi connectivity index (χ0v) is 11.8. The van der Waals surface area contributed by atoms with Crippen molar-refractivity contribution in [3.63, 3.8) is 0 Å². The Labute approximate surface area is 113 Å². The molecule has 1 aliphatic carbocycles. The highest BCUT2D eigenvalue weighted by atomic mass is 35.5. The first kappa shape index (κ1) is 13.6. The summed E-state index contributed by atoms with van der Waals surface area (Å²) in [5.41, 5.74) is 0.837. The number of halogens is 1. The molecule has 1 aromatic heterocycles. The molecule has 0 N–H and O–H groups in total. The van der Waals surface area contributed by atoms with Crippen LogP contribution >= 0.6 is 11.6 Å². The van der Waals surface area contributed by atoms with Crippen molar-refractivity contribution in [3.05, 3.63) is 16.9 Å². The lowest BCUT2D eigenvalue weighted by atomic mass is 10.3. The Morgan fingerprint density at radius 3 is 2.83 bits per heavy atom. The summed E-state index contributed by atoms with van der Waals surface area (Å²) in [6.07, 6.45) is 3.74. The molecular weight excluding hydrogens is 250 g/mol. The molecule has 100 valence electrons. The van der Waals surface area contributed by atoms with Crippen molar-refractivity contribution in [2.45, 2.75) is 32.8 Å². The van der Waals surface area contributed by atoms with Crippen LogP contribution in [0, 0.1) is 5.92 Å². The summed E-state index contributed by atoms with van der Waals surface area (Å²) in [5, 5.41) is 0.490. The molecular formula is C13H20ClN3O. The SMILES string of the molecule is CCCN(CC1CC1)c1nc(Cl)cc(COC)n1. The van der Waals surface area contributed by atoms with Crippen molar-refractivity contribution < 1.29 is 4.74 Å². The van der Waals surface area contributed by atoms with E-state index in [0.717, 1.165) is 37.1 Å². The number of hydrogen-bond acceptors (Lipinski definition) is 4. The average molecular weight is 270 g/mol. The van der Waals surface area contributed by atoms with Gasteiger partial charge in [0.15, 0.2) is 0 Å². The zero-order valence-electron chi connectivity index (χ0n) is 11.0. The largest absolute Gasteiger partial charge is 0.378 e. The van der Waals surface area contributed by atoms with Gasteiger partial charge in [0.25, 0.3) is 0 Å². The van der Waals surface area contributed by atoms with Gasteiger partial charge in [-0.25, -0.2) is 9.97 Å². The minimum absolute atomic E-state index is 0.471. The molecule has 1 heterocycles. The van der Waals surface area contributed by atoms with Gasteiger partial charge in [-0.2, -0.15) is 0 Å². The minimum Gasteiger partial charge on any atom is -0.378 e. The Balaban J connectivity index is 2.15. The quantitative estimate of drug-likeness (QED) is 0.714. The third kappa shape index (κ3) is 3.82. The predicted octanol–water partition coefficient (Wildman–Crippen LogP) is 2.90. The molecule has 1 saturated carbocycles. The third-order valence-corrected chi connectivity index (χ3v) is 3.17. The molecule has 0 aliphatic heterocycles. The summed E-state index contributed by atoms with van der Waals surface area (Å²) in [6, 6.07) is 1.76. The van der Waals surface area contributed by atoms with Crippen molar-refractivity contribution in [2.24, 2.45) is 5.92 Å². The lowest BCUT2D eigenvalue weighted by Crippen LogP contribution is -2.28. The van der Waals surface area contributed by atoms with Crippen molar-refractivity contribution in [2.75, 3.05) is 25.1 Å². The summed E-state index contributed by atoms with van der Waals surface area (Å²) in [7, 11) is 1.66. The highest BCUT2D eigenvalue weighted by Crippen LogP contribution is 2.31. The first-order valence-corrected chi connectivity index (χ1v) is 6.88. The van der Waals surface area contributed by atoms with Gasteiger partial charge in [-0.3, -0.25) is 0 Å². The molecule has 1 fully saturated rings. The number of rotatable bonds is 7. The van der Waals surface area contributed by atoms with E-state index in [1.165, 1.54) is 12.8 Å². The van der Waals surface area contributed by atoms with Gasteiger partial charge in [0, 0.05) is 20.2 Å². The summed E-state index contributed by atoms with van der Waals surface area (Å²) in [4.78, 5) is 11.1. The van der Waals surface area contributed by atoms with Crippen LogP contribution in [0.4, 0.5) is 5.95 Å². The van der Waals surface area contributed by atoms with Gasteiger partial charge in [0.2, 0.25) is 5.95 Å². The number of aromatic nitrogens is 2. The Bertz CT molecular complexity index is 396. The van der Waals surface area contributed by atoms with E-state index in [-0.39, 0.29) is 0 Å². The van der Waals surface area contributed by atoms with Crippen LogP contribution in [-0.2, 0) is 11.3 Å². The van der Waals surface area contributed by atoms with Crippen molar-refractivity contribution in [1.29, 1.82) is 0 Å². The van der Waals surface area contributed by atoms with Gasteiger partial charge in [-0.1, -0.05) is 18.5 Å². The van der Waals surface area contributed by atoms with Gasteiger partial charge in [-0.15, -0.1) is 0 Å². The maximum atomic E-state index is 6.05. The van der Waals surface area contributed by atoms with Gasteiger partial charge in [0.1, 0.15) is 5.15 Å². The molecule has 1 aromatic rings. The van der Waals surface area contributed by atoms with E-state index in [1.807, 2.05) is 0 Å². The number of hydrogen-bond donors (Lipinski definition) is 0. The fourth-order valence-electron chi connectivity index (χ4n) is 1.97. The minimum atomic E-state index is 0.471. The summed E-state index contributed by atoms with van der Waals surface area (Å²) < 4.78 is 5.10. The maximum absolute atomic E-state index is 6.05. The smallest absolute Gasteiger partial charge is 0.227 e. The number of nitrogens with zero attached hydrogens (tertiary/aromatic N) is 3. The standard InChI is InChI=1S/C13H20ClN3O/c1-3-6-17(8-10-4-5-10)13-15-11(9-18-2)7-12(14)16-13/h7,10H,3-6,8-9H2,1-2H3. The monoisotopic (exact) mass is 269 g/mol. The molecule has 4 nitrogen and oxygen atoms in total.